The van der Waals surface area contributed by atoms with Crippen molar-refractivity contribution < 1.29 is 9.84 Å². The molecule has 2 fully saturated rings. The van der Waals surface area contributed by atoms with Crippen LogP contribution in [0.5, 0.6) is 0 Å². The summed E-state index contributed by atoms with van der Waals surface area (Å²) in [5.74, 6) is 0.851. The molecule has 3 rings (SSSR count). The molecule has 1 saturated carbocycles. The Morgan fingerprint density at radius 3 is 2.66 bits per heavy atom. The fraction of sp³-hybridized carbons (Fsp3) is 0.667. The van der Waals surface area contributed by atoms with E-state index in [0.717, 1.165) is 69.5 Å². The smallest absolute Gasteiger partial charge is 0.191 e. The number of guanidine groups is 1. The number of hydrogen-bond acceptors (Lipinski definition) is 4. The minimum Gasteiger partial charge on any atom is -0.393 e. The van der Waals surface area contributed by atoms with Crippen molar-refractivity contribution in [2.24, 2.45) is 4.99 Å². The van der Waals surface area contributed by atoms with Crippen molar-refractivity contribution in [1.82, 2.24) is 15.5 Å². The third-order valence-corrected chi connectivity index (χ3v) is 5.76. The van der Waals surface area contributed by atoms with Crippen molar-refractivity contribution in [1.29, 1.82) is 0 Å². The third-order valence-electron chi connectivity index (χ3n) is 5.52. The van der Waals surface area contributed by atoms with Crippen LogP contribution in [0.2, 0.25) is 5.02 Å². The highest BCUT2D eigenvalue weighted by atomic mass is 127. The standard InChI is InChI=1S/C21H33ClN4O2.HI/c1-2-23-21(25-18-6-8-19(27)9-7-18)24-15-20(26-10-12-28-13-11-26)16-4-3-5-17(22)14-16;/h3-5,14,18-20,27H,2,6-13,15H2,1H3,(H2,23,24,25);1H. The first-order chi connectivity index (χ1) is 13.7. The van der Waals surface area contributed by atoms with Crippen LogP contribution in [-0.2, 0) is 4.74 Å². The number of morpholine rings is 1. The molecule has 0 bridgehead atoms. The summed E-state index contributed by atoms with van der Waals surface area (Å²) in [6, 6.07) is 8.63. The molecule has 0 radical (unpaired) electrons. The van der Waals surface area contributed by atoms with Crippen LogP contribution in [0.25, 0.3) is 0 Å². The molecule has 0 spiro atoms. The zero-order chi connectivity index (χ0) is 19.8. The van der Waals surface area contributed by atoms with Crippen LogP contribution < -0.4 is 10.6 Å². The summed E-state index contributed by atoms with van der Waals surface area (Å²) in [7, 11) is 0. The molecule has 3 N–H and O–H groups in total. The fourth-order valence-electron chi connectivity index (χ4n) is 3.95. The normalized spacial score (nSPS) is 24.4. The van der Waals surface area contributed by atoms with Gasteiger partial charge in [-0.1, -0.05) is 23.7 Å². The number of nitrogens with one attached hydrogen (secondary N) is 2. The number of ether oxygens (including phenoxy) is 1. The van der Waals surface area contributed by atoms with E-state index in [1.807, 2.05) is 18.2 Å². The topological polar surface area (TPSA) is 69.1 Å². The van der Waals surface area contributed by atoms with Crippen molar-refractivity contribution in [2.45, 2.75) is 50.8 Å². The van der Waals surface area contributed by atoms with Gasteiger partial charge in [0.25, 0.3) is 0 Å². The maximum Gasteiger partial charge on any atom is 0.191 e. The summed E-state index contributed by atoms with van der Waals surface area (Å²) in [4.78, 5) is 7.34. The van der Waals surface area contributed by atoms with E-state index in [-0.39, 0.29) is 36.1 Å². The summed E-state index contributed by atoms with van der Waals surface area (Å²) in [6.45, 7) is 6.87. The van der Waals surface area contributed by atoms with Gasteiger partial charge in [0.05, 0.1) is 31.9 Å². The van der Waals surface area contributed by atoms with Crippen LogP contribution in [-0.4, -0.2) is 67.5 Å². The van der Waals surface area contributed by atoms with Gasteiger partial charge in [-0.25, -0.2) is 0 Å². The molecule has 8 heteroatoms. The van der Waals surface area contributed by atoms with Crippen LogP contribution in [0.1, 0.15) is 44.2 Å². The lowest BCUT2D eigenvalue weighted by atomic mass is 9.93. The van der Waals surface area contributed by atoms with E-state index < -0.39 is 0 Å². The maximum atomic E-state index is 9.73. The van der Waals surface area contributed by atoms with Crippen LogP contribution in [0.4, 0.5) is 0 Å². The minimum absolute atomic E-state index is 0. The number of aliphatic hydroxyl groups is 1. The number of aliphatic hydroxyl groups excluding tert-OH is 1. The molecule has 1 heterocycles. The van der Waals surface area contributed by atoms with Crippen molar-refractivity contribution >= 4 is 41.5 Å². The van der Waals surface area contributed by atoms with Crippen LogP contribution in [0, 0.1) is 0 Å². The number of nitrogens with zero attached hydrogens (tertiary/aromatic N) is 2. The molecular weight excluding hydrogens is 503 g/mol. The molecule has 1 unspecified atom stereocenters. The van der Waals surface area contributed by atoms with E-state index in [2.05, 4.69) is 28.5 Å². The Hall–Kier alpha value is -0.610. The molecule has 1 atom stereocenters. The van der Waals surface area contributed by atoms with Gasteiger partial charge >= 0.3 is 0 Å². The molecule has 1 aromatic carbocycles. The Kier molecular flexibility index (Phi) is 11.0. The zero-order valence-corrected chi connectivity index (χ0v) is 20.2. The number of rotatable bonds is 6. The second-order valence-corrected chi connectivity index (χ2v) is 8.02. The molecule has 0 amide bonds. The number of benzene rings is 1. The van der Waals surface area contributed by atoms with Crippen LogP contribution >= 0.6 is 35.6 Å². The molecule has 1 aromatic rings. The average Bonchev–Trinajstić information content (AvgIpc) is 2.71. The average molecular weight is 537 g/mol. The Bertz CT molecular complexity index is 635. The van der Waals surface area contributed by atoms with Gasteiger partial charge in [0.2, 0.25) is 0 Å². The Labute approximate surface area is 196 Å². The number of aliphatic imine (C=N–C) groups is 1. The molecule has 0 aromatic heterocycles. The quantitative estimate of drug-likeness (QED) is 0.296. The summed E-state index contributed by atoms with van der Waals surface area (Å²) in [6.07, 6.45) is 3.53. The van der Waals surface area contributed by atoms with Crippen molar-refractivity contribution in [2.75, 3.05) is 39.4 Å². The molecular formula is C21H34ClIN4O2. The lowest BCUT2D eigenvalue weighted by Crippen LogP contribution is -2.46. The van der Waals surface area contributed by atoms with Gasteiger partial charge in [0.15, 0.2) is 5.96 Å². The summed E-state index contributed by atoms with van der Waals surface area (Å²) in [5, 5.41) is 17.4. The number of halogens is 2. The maximum absolute atomic E-state index is 9.73. The Morgan fingerprint density at radius 2 is 2.00 bits per heavy atom. The van der Waals surface area contributed by atoms with Gasteiger partial charge in [-0.05, 0) is 50.3 Å². The molecule has 29 heavy (non-hydrogen) atoms. The van der Waals surface area contributed by atoms with E-state index in [9.17, 15) is 5.11 Å². The van der Waals surface area contributed by atoms with Gasteiger partial charge in [-0.15, -0.1) is 24.0 Å². The van der Waals surface area contributed by atoms with Crippen molar-refractivity contribution in [3.8, 4) is 0 Å². The second-order valence-electron chi connectivity index (χ2n) is 7.59. The first-order valence-electron chi connectivity index (χ1n) is 10.5. The molecule has 164 valence electrons. The first kappa shape index (κ1) is 24.7. The second kappa shape index (κ2) is 12.9. The monoisotopic (exact) mass is 536 g/mol. The van der Waals surface area contributed by atoms with Gasteiger partial charge < -0.3 is 20.5 Å². The predicted molar refractivity (Wildman–Crippen MR) is 129 cm³/mol. The van der Waals surface area contributed by atoms with E-state index in [1.165, 1.54) is 5.56 Å². The van der Waals surface area contributed by atoms with Crippen LogP contribution in [0.3, 0.4) is 0 Å². The van der Waals surface area contributed by atoms with Gasteiger partial charge in [-0.2, -0.15) is 0 Å². The van der Waals surface area contributed by atoms with Gasteiger partial charge in [0.1, 0.15) is 0 Å². The highest BCUT2D eigenvalue weighted by Crippen LogP contribution is 2.25. The summed E-state index contributed by atoms with van der Waals surface area (Å²) in [5.41, 5.74) is 1.19. The Morgan fingerprint density at radius 1 is 1.28 bits per heavy atom. The lowest BCUT2D eigenvalue weighted by Gasteiger charge is -2.34. The predicted octanol–water partition coefficient (Wildman–Crippen LogP) is 3.19. The van der Waals surface area contributed by atoms with Crippen LogP contribution in [0.15, 0.2) is 29.3 Å². The van der Waals surface area contributed by atoms with Gasteiger partial charge in [-0.3, -0.25) is 9.89 Å². The van der Waals surface area contributed by atoms with E-state index >= 15 is 0 Å². The van der Waals surface area contributed by atoms with E-state index in [1.54, 1.807) is 0 Å². The van der Waals surface area contributed by atoms with E-state index in [4.69, 9.17) is 21.3 Å². The third kappa shape index (κ3) is 7.86. The van der Waals surface area contributed by atoms with Crippen molar-refractivity contribution in [3.63, 3.8) is 0 Å². The molecule has 1 aliphatic carbocycles. The summed E-state index contributed by atoms with van der Waals surface area (Å²) >= 11 is 6.26. The SMILES string of the molecule is CCNC(=NCC(c1cccc(Cl)c1)N1CCOCC1)NC1CCC(O)CC1.I. The lowest BCUT2D eigenvalue weighted by molar-refractivity contribution is 0.0179. The zero-order valence-electron chi connectivity index (χ0n) is 17.1. The number of hydrogen-bond donors (Lipinski definition) is 3. The minimum atomic E-state index is -0.147. The molecule has 1 saturated heterocycles. The molecule has 6 nitrogen and oxygen atoms in total. The first-order valence-corrected chi connectivity index (χ1v) is 10.8. The van der Waals surface area contributed by atoms with Gasteiger partial charge in [0, 0.05) is 30.7 Å². The molecule has 2 aliphatic rings. The molecule has 1 aliphatic heterocycles. The van der Waals surface area contributed by atoms with E-state index in [0.29, 0.717) is 12.6 Å². The highest BCUT2D eigenvalue weighted by molar-refractivity contribution is 14.0. The highest BCUT2D eigenvalue weighted by Gasteiger charge is 2.24. The summed E-state index contributed by atoms with van der Waals surface area (Å²) < 4.78 is 5.53. The Balaban J connectivity index is 0.00000300. The largest absolute Gasteiger partial charge is 0.393 e. The van der Waals surface area contributed by atoms with Crippen molar-refractivity contribution in [3.05, 3.63) is 34.9 Å². The fourth-order valence-corrected chi connectivity index (χ4v) is 4.14.